The van der Waals surface area contributed by atoms with Gasteiger partial charge in [-0.2, -0.15) is 0 Å². The third-order valence-electron chi connectivity index (χ3n) is 4.70. The number of imidazole rings is 1. The van der Waals surface area contributed by atoms with Gasteiger partial charge in [0.2, 0.25) is 5.95 Å². The summed E-state index contributed by atoms with van der Waals surface area (Å²) in [5.74, 6) is 1.71. The number of benzene rings is 3. The number of hydrogen-bond acceptors (Lipinski definition) is 5. The first-order valence-electron chi connectivity index (χ1n) is 8.13. The summed E-state index contributed by atoms with van der Waals surface area (Å²) >= 11 is 0. The van der Waals surface area contributed by atoms with Crippen molar-refractivity contribution in [3.8, 4) is 28.4 Å². The zero-order valence-corrected chi connectivity index (χ0v) is 14.8. The van der Waals surface area contributed by atoms with Crippen molar-refractivity contribution >= 4 is 27.8 Å². The van der Waals surface area contributed by atoms with Crippen molar-refractivity contribution in [2.24, 2.45) is 7.05 Å². The number of aromatic nitrogens is 2. The molecule has 4 rings (SSSR count). The van der Waals surface area contributed by atoms with Crippen LogP contribution in [0.4, 0.5) is 5.95 Å². The number of anilines is 1. The van der Waals surface area contributed by atoms with Gasteiger partial charge in [-0.1, -0.05) is 12.1 Å². The fourth-order valence-electron chi connectivity index (χ4n) is 3.29. The van der Waals surface area contributed by atoms with E-state index < -0.39 is 0 Å². The zero-order chi connectivity index (χ0) is 18.4. The van der Waals surface area contributed by atoms with Crippen molar-refractivity contribution in [1.29, 1.82) is 0 Å². The van der Waals surface area contributed by atoms with Crippen LogP contribution in [0.2, 0.25) is 0 Å². The Bertz CT molecular complexity index is 1130. The molecule has 0 aliphatic rings. The summed E-state index contributed by atoms with van der Waals surface area (Å²) in [5, 5.41) is 12.1. The highest BCUT2D eigenvalue weighted by molar-refractivity contribution is 6.11. The number of phenolic OH excluding ortho intramolecular Hbond substituents is 1. The molecular weight excluding hydrogens is 330 g/mol. The number of rotatable bonds is 3. The fourth-order valence-corrected chi connectivity index (χ4v) is 3.29. The fraction of sp³-hybridized carbons (Fsp3) is 0.150. The van der Waals surface area contributed by atoms with Crippen molar-refractivity contribution in [2.45, 2.75) is 0 Å². The molecule has 132 valence electrons. The largest absolute Gasteiger partial charge is 0.504 e. The van der Waals surface area contributed by atoms with Gasteiger partial charge in [0, 0.05) is 12.6 Å². The Morgan fingerprint density at radius 1 is 1.04 bits per heavy atom. The molecule has 0 atom stereocenters. The molecule has 0 bridgehead atoms. The highest BCUT2D eigenvalue weighted by atomic mass is 16.5. The molecule has 0 radical (unpaired) electrons. The van der Waals surface area contributed by atoms with Gasteiger partial charge in [0.25, 0.3) is 0 Å². The minimum atomic E-state index is 0.0815. The Kier molecular flexibility index (Phi) is 3.61. The van der Waals surface area contributed by atoms with Gasteiger partial charge < -0.3 is 24.9 Å². The molecule has 0 aliphatic heterocycles. The number of aryl methyl sites for hydroxylation is 1. The SMILES string of the molecule is COc1ccc(-c2c3cc(O)c(OC)cc3cc3c2nc(N)n3C)cc1. The number of ether oxygens (including phenoxy) is 2. The van der Waals surface area contributed by atoms with E-state index >= 15 is 0 Å². The van der Waals surface area contributed by atoms with Crippen LogP contribution in [0.5, 0.6) is 17.2 Å². The van der Waals surface area contributed by atoms with Crippen LogP contribution in [0.25, 0.3) is 32.9 Å². The van der Waals surface area contributed by atoms with Crippen LogP contribution in [0, 0.1) is 0 Å². The van der Waals surface area contributed by atoms with E-state index in [1.165, 1.54) is 7.11 Å². The summed E-state index contributed by atoms with van der Waals surface area (Å²) in [4.78, 5) is 4.55. The molecule has 0 saturated heterocycles. The van der Waals surface area contributed by atoms with Crippen molar-refractivity contribution in [1.82, 2.24) is 9.55 Å². The van der Waals surface area contributed by atoms with E-state index in [0.29, 0.717) is 11.7 Å². The minimum Gasteiger partial charge on any atom is -0.504 e. The molecule has 3 N–H and O–H groups in total. The van der Waals surface area contributed by atoms with Crippen LogP contribution in [0.15, 0.2) is 42.5 Å². The highest BCUT2D eigenvalue weighted by Gasteiger charge is 2.17. The number of nitrogen functional groups attached to an aromatic ring is 1. The number of methoxy groups -OCH3 is 2. The van der Waals surface area contributed by atoms with Gasteiger partial charge in [-0.15, -0.1) is 0 Å². The molecule has 0 aliphatic carbocycles. The molecule has 0 amide bonds. The summed E-state index contributed by atoms with van der Waals surface area (Å²) < 4.78 is 12.4. The Balaban J connectivity index is 2.14. The number of nitrogens with two attached hydrogens (primary N) is 1. The molecule has 26 heavy (non-hydrogen) atoms. The van der Waals surface area contributed by atoms with Gasteiger partial charge in [-0.25, -0.2) is 4.98 Å². The lowest BCUT2D eigenvalue weighted by molar-refractivity contribution is 0.374. The van der Waals surface area contributed by atoms with Gasteiger partial charge in [-0.05, 0) is 46.7 Å². The van der Waals surface area contributed by atoms with Gasteiger partial charge in [0.15, 0.2) is 11.5 Å². The first kappa shape index (κ1) is 16.1. The smallest absolute Gasteiger partial charge is 0.200 e. The quantitative estimate of drug-likeness (QED) is 0.589. The van der Waals surface area contributed by atoms with Crippen LogP contribution >= 0.6 is 0 Å². The Morgan fingerprint density at radius 2 is 1.77 bits per heavy atom. The third-order valence-corrected chi connectivity index (χ3v) is 4.70. The summed E-state index contributed by atoms with van der Waals surface area (Å²) in [5.41, 5.74) is 9.62. The molecule has 6 heteroatoms. The number of aromatic hydroxyl groups is 1. The van der Waals surface area contributed by atoms with E-state index in [9.17, 15) is 5.11 Å². The number of phenols is 1. The second-order valence-electron chi connectivity index (χ2n) is 6.12. The molecule has 0 spiro atoms. The summed E-state index contributed by atoms with van der Waals surface area (Å²) in [6.45, 7) is 0. The van der Waals surface area contributed by atoms with Crippen LogP contribution in [0.1, 0.15) is 0 Å². The molecule has 3 aromatic carbocycles. The topological polar surface area (TPSA) is 82.5 Å². The van der Waals surface area contributed by atoms with Crippen LogP contribution in [-0.4, -0.2) is 28.9 Å². The molecule has 6 nitrogen and oxygen atoms in total. The van der Waals surface area contributed by atoms with Crippen LogP contribution in [-0.2, 0) is 7.05 Å². The van der Waals surface area contributed by atoms with E-state index in [1.807, 2.05) is 48.0 Å². The molecule has 0 fully saturated rings. The van der Waals surface area contributed by atoms with Crippen LogP contribution < -0.4 is 15.2 Å². The summed E-state index contributed by atoms with van der Waals surface area (Å²) in [6, 6.07) is 13.3. The molecule has 1 aromatic heterocycles. The van der Waals surface area contributed by atoms with Crippen molar-refractivity contribution in [2.75, 3.05) is 20.0 Å². The lowest BCUT2D eigenvalue weighted by Gasteiger charge is -2.12. The standard InChI is InChI=1S/C20H19N3O3/c1-23-15-8-12-9-17(26-3)16(24)10-14(12)18(19(15)22-20(23)21)11-4-6-13(25-2)7-5-11/h4-10,24H,1-3H3,(H2,21,22). The van der Waals surface area contributed by atoms with E-state index in [2.05, 4.69) is 4.98 Å². The first-order chi connectivity index (χ1) is 12.5. The maximum atomic E-state index is 10.3. The van der Waals surface area contributed by atoms with Gasteiger partial charge in [-0.3, -0.25) is 0 Å². The van der Waals surface area contributed by atoms with Gasteiger partial charge >= 0.3 is 0 Å². The molecular formula is C20H19N3O3. The molecule has 0 saturated carbocycles. The third kappa shape index (κ3) is 2.30. The van der Waals surface area contributed by atoms with Crippen molar-refractivity contribution < 1.29 is 14.6 Å². The second kappa shape index (κ2) is 5.84. The van der Waals surface area contributed by atoms with Gasteiger partial charge in [0.05, 0.1) is 25.3 Å². The maximum Gasteiger partial charge on any atom is 0.200 e. The lowest BCUT2D eigenvalue weighted by Crippen LogP contribution is -1.96. The van der Waals surface area contributed by atoms with Gasteiger partial charge in [0.1, 0.15) is 5.75 Å². The monoisotopic (exact) mass is 349 g/mol. The Hall–Kier alpha value is -3.41. The summed E-state index contributed by atoms with van der Waals surface area (Å²) in [6.07, 6.45) is 0. The van der Waals surface area contributed by atoms with E-state index in [0.717, 1.165) is 38.7 Å². The van der Waals surface area contributed by atoms with E-state index in [1.54, 1.807) is 13.2 Å². The number of fused-ring (bicyclic) bond motifs is 2. The average molecular weight is 349 g/mol. The lowest BCUT2D eigenvalue weighted by atomic mass is 9.96. The average Bonchev–Trinajstić information content (AvgIpc) is 2.93. The predicted octanol–water partition coefficient (Wildman–Crippen LogP) is 3.70. The highest BCUT2D eigenvalue weighted by Crippen LogP contribution is 2.41. The normalized spacial score (nSPS) is 11.2. The molecule has 0 unspecified atom stereocenters. The first-order valence-corrected chi connectivity index (χ1v) is 8.13. The molecule has 1 heterocycles. The maximum absolute atomic E-state index is 10.3. The zero-order valence-electron chi connectivity index (χ0n) is 14.8. The van der Waals surface area contributed by atoms with Crippen LogP contribution in [0.3, 0.4) is 0 Å². The number of nitrogens with zero attached hydrogens (tertiary/aromatic N) is 2. The van der Waals surface area contributed by atoms with Crippen molar-refractivity contribution in [3.63, 3.8) is 0 Å². The Morgan fingerprint density at radius 3 is 2.42 bits per heavy atom. The predicted molar refractivity (Wildman–Crippen MR) is 103 cm³/mol. The minimum absolute atomic E-state index is 0.0815. The number of hydrogen-bond donors (Lipinski definition) is 2. The second-order valence-corrected chi connectivity index (χ2v) is 6.12. The Labute approximate surface area is 150 Å². The van der Waals surface area contributed by atoms with Crippen molar-refractivity contribution in [3.05, 3.63) is 42.5 Å². The van der Waals surface area contributed by atoms with E-state index in [4.69, 9.17) is 15.2 Å². The summed E-state index contributed by atoms with van der Waals surface area (Å²) in [7, 11) is 5.05. The van der Waals surface area contributed by atoms with E-state index in [-0.39, 0.29) is 5.75 Å². The molecule has 4 aromatic rings.